The fourth-order valence-electron chi connectivity index (χ4n) is 3.04. The number of nitrogens with two attached hydrogens (primary N) is 1. The van der Waals surface area contributed by atoms with Crippen molar-refractivity contribution in [3.63, 3.8) is 0 Å². The number of ether oxygens (including phenoxy) is 1. The molecule has 1 saturated heterocycles. The Balaban J connectivity index is 2.19. The summed E-state index contributed by atoms with van der Waals surface area (Å²) in [4.78, 5) is 2.27. The highest BCUT2D eigenvalue weighted by Crippen LogP contribution is 2.31. The first-order valence-corrected chi connectivity index (χ1v) is 7.72. The van der Waals surface area contributed by atoms with Crippen LogP contribution in [-0.2, 0) is 6.54 Å². The summed E-state index contributed by atoms with van der Waals surface area (Å²) in [5.41, 5.74) is 9.05. The van der Waals surface area contributed by atoms with E-state index in [1.54, 1.807) is 6.07 Å². The van der Waals surface area contributed by atoms with Crippen molar-refractivity contribution in [1.82, 2.24) is 4.90 Å². The summed E-state index contributed by atoms with van der Waals surface area (Å²) in [6, 6.07) is 3.84. The first-order chi connectivity index (χ1) is 10.2. The van der Waals surface area contributed by atoms with Crippen molar-refractivity contribution in [2.24, 2.45) is 11.1 Å². The molecule has 124 valence electrons. The van der Waals surface area contributed by atoms with Crippen molar-refractivity contribution in [2.45, 2.75) is 53.3 Å². The maximum atomic E-state index is 12.6. The van der Waals surface area contributed by atoms with Crippen LogP contribution in [-0.4, -0.2) is 30.6 Å². The van der Waals surface area contributed by atoms with Crippen LogP contribution < -0.4 is 10.5 Å². The van der Waals surface area contributed by atoms with E-state index in [4.69, 9.17) is 10.5 Å². The van der Waals surface area contributed by atoms with Gasteiger partial charge < -0.3 is 10.5 Å². The maximum Gasteiger partial charge on any atom is 0.387 e. The molecule has 1 aliphatic heterocycles. The van der Waals surface area contributed by atoms with Gasteiger partial charge in [-0.3, -0.25) is 4.90 Å². The number of aryl methyl sites for hydroxylation is 2. The lowest BCUT2D eigenvalue weighted by molar-refractivity contribution is -0.0510. The minimum absolute atomic E-state index is 0.0295. The summed E-state index contributed by atoms with van der Waals surface area (Å²) in [6.07, 6.45) is 0.920. The van der Waals surface area contributed by atoms with E-state index in [0.29, 0.717) is 6.54 Å². The summed E-state index contributed by atoms with van der Waals surface area (Å²) in [5.74, 6) is 0.283. The minimum Gasteiger partial charge on any atom is -0.434 e. The van der Waals surface area contributed by atoms with E-state index in [1.807, 2.05) is 19.9 Å². The van der Waals surface area contributed by atoms with Crippen LogP contribution in [0.1, 0.15) is 37.0 Å². The molecule has 1 atom stereocenters. The molecule has 0 aliphatic carbocycles. The average Bonchev–Trinajstić information content (AvgIpc) is 2.39. The SMILES string of the molecule is Cc1cc(CN2CCC(N)C(C)(C)C2)c(OC(F)F)cc1C. The van der Waals surface area contributed by atoms with Gasteiger partial charge in [0.25, 0.3) is 0 Å². The molecule has 0 bridgehead atoms. The molecule has 22 heavy (non-hydrogen) atoms. The highest BCUT2D eigenvalue weighted by Gasteiger charge is 2.33. The van der Waals surface area contributed by atoms with E-state index >= 15 is 0 Å². The molecule has 0 aromatic heterocycles. The quantitative estimate of drug-likeness (QED) is 0.925. The molecule has 0 spiro atoms. The molecule has 1 unspecified atom stereocenters. The van der Waals surface area contributed by atoms with E-state index in [9.17, 15) is 8.78 Å². The topological polar surface area (TPSA) is 38.5 Å². The Morgan fingerprint density at radius 1 is 1.32 bits per heavy atom. The molecule has 2 N–H and O–H groups in total. The van der Waals surface area contributed by atoms with Crippen LogP contribution >= 0.6 is 0 Å². The Hall–Kier alpha value is -1.20. The second-order valence-corrected chi connectivity index (χ2v) is 7.02. The van der Waals surface area contributed by atoms with Crippen LogP contribution in [0.15, 0.2) is 12.1 Å². The van der Waals surface area contributed by atoms with Crippen molar-refractivity contribution in [3.05, 3.63) is 28.8 Å². The first kappa shape index (κ1) is 17.2. The largest absolute Gasteiger partial charge is 0.434 e. The zero-order valence-corrected chi connectivity index (χ0v) is 13.8. The summed E-state index contributed by atoms with van der Waals surface area (Å²) in [6.45, 7) is 7.75. The molecule has 0 saturated carbocycles. The van der Waals surface area contributed by atoms with E-state index in [2.05, 4.69) is 18.7 Å². The Bertz CT molecular complexity index is 532. The second-order valence-electron chi connectivity index (χ2n) is 7.02. The number of nitrogens with zero attached hydrogens (tertiary/aromatic N) is 1. The van der Waals surface area contributed by atoms with E-state index in [-0.39, 0.29) is 17.2 Å². The number of piperidine rings is 1. The molecule has 1 aromatic carbocycles. The van der Waals surface area contributed by atoms with Gasteiger partial charge in [-0.05, 0) is 42.9 Å². The third-order valence-corrected chi connectivity index (χ3v) is 4.68. The molecular weight excluding hydrogens is 286 g/mol. The average molecular weight is 312 g/mol. The van der Waals surface area contributed by atoms with Gasteiger partial charge in [-0.1, -0.05) is 19.9 Å². The smallest absolute Gasteiger partial charge is 0.387 e. The summed E-state index contributed by atoms with van der Waals surface area (Å²) < 4.78 is 30.0. The summed E-state index contributed by atoms with van der Waals surface area (Å²) >= 11 is 0. The number of hydrogen-bond acceptors (Lipinski definition) is 3. The van der Waals surface area contributed by atoms with Gasteiger partial charge in [0, 0.05) is 31.2 Å². The van der Waals surface area contributed by atoms with Crippen LogP contribution in [0, 0.1) is 19.3 Å². The van der Waals surface area contributed by atoms with Gasteiger partial charge in [-0.25, -0.2) is 0 Å². The zero-order chi connectivity index (χ0) is 16.5. The van der Waals surface area contributed by atoms with E-state index in [0.717, 1.165) is 36.2 Å². The fourth-order valence-corrected chi connectivity index (χ4v) is 3.04. The van der Waals surface area contributed by atoms with Crippen LogP contribution in [0.3, 0.4) is 0 Å². The highest BCUT2D eigenvalue weighted by atomic mass is 19.3. The Labute approximate surface area is 131 Å². The molecule has 1 fully saturated rings. The van der Waals surface area contributed by atoms with Crippen molar-refractivity contribution >= 4 is 0 Å². The normalized spacial score (nSPS) is 22.1. The molecule has 1 aliphatic rings. The van der Waals surface area contributed by atoms with Gasteiger partial charge in [0.2, 0.25) is 0 Å². The number of halogens is 2. The second kappa shape index (κ2) is 6.50. The molecule has 0 radical (unpaired) electrons. The van der Waals surface area contributed by atoms with Crippen molar-refractivity contribution in [3.8, 4) is 5.75 Å². The van der Waals surface area contributed by atoms with Gasteiger partial charge >= 0.3 is 6.61 Å². The number of alkyl halides is 2. The summed E-state index contributed by atoms with van der Waals surface area (Å²) in [5, 5.41) is 0. The lowest BCUT2D eigenvalue weighted by Gasteiger charge is -2.42. The fraction of sp³-hybridized carbons (Fsp3) is 0.647. The molecule has 1 aromatic rings. The van der Waals surface area contributed by atoms with Crippen LogP contribution in [0.25, 0.3) is 0 Å². The predicted octanol–water partition coefficient (Wildman–Crippen LogP) is 3.46. The molecule has 2 rings (SSSR count). The molecule has 3 nitrogen and oxygen atoms in total. The predicted molar refractivity (Wildman–Crippen MR) is 84.2 cm³/mol. The molecule has 0 amide bonds. The standard InChI is InChI=1S/C17H26F2N2O/c1-11-7-13(14(8-12(11)2)22-16(18)19)9-21-6-5-15(20)17(3,4)10-21/h7-8,15-16H,5-6,9-10,20H2,1-4H3. The number of rotatable bonds is 4. The lowest BCUT2D eigenvalue weighted by Crippen LogP contribution is -2.52. The molecule has 1 heterocycles. The Morgan fingerprint density at radius 2 is 1.95 bits per heavy atom. The van der Waals surface area contributed by atoms with Crippen molar-refractivity contribution < 1.29 is 13.5 Å². The van der Waals surface area contributed by atoms with Gasteiger partial charge in [0.1, 0.15) is 5.75 Å². The number of hydrogen-bond donors (Lipinski definition) is 1. The van der Waals surface area contributed by atoms with Crippen molar-refractivity contribution in [2.75, 3.05) is 13.1 Å². The van der Waals surface area contributed by atoms with Crippen molar-refractivity contribution in [1.29, 1.82) is 0 Å². The minimum atomic E-state index is -2.80. The lowest BCUT2D eigenvalue weighted by atomic mass is 9.79. The number of benzene rings is 1. The third kappa shape index (κ3) is 3.96. The van der Waals surface area contributed by atoms with E-state index < -0.39 is 6.61 Å². The maximum absolute atomic E-state index is 12.6. The Morgan fingerprint density at radius 3 is 2.55 bits per heavy atom. The van der Waals surface area contributed by atoms with Gasteiger partial charge in [0.15, 0.2) is 0 Å². The van der Waals surface area contributed by atoms with Crippen LogP contribution in [0.5, 0.6) is 5.75 Å². The van der Waals surface area contributed by atoms with E-state index in [1.165, 1.54) is 0 Å². The van der Waals surface area contributed by atoms with Crippen LogP contribution in [0.4, 0.5) is 8.78 Å². The van der Waals surface area contributed by atoms with Gasteiger partial charge in [0.05, 0.1) is 0 Å². The van der Waals surface area contributed by atoms with Crippen LogP contribution in [0.2, 0.25) is 0 Å². The highest BCUT2D eigenvalue weighted by molar-refractivity contribution is 5.41. The van der Waals surface area contributed by atoms with Gasteiger partial charge in [-0.2, -0.15) is 8.78 Å². The Kier molecular flexibility index (Phi) is 5.07. The monoisotopic (exact) mass is 312 g/mol. The summed E-state index contributed by atoms with van der Waals surface area (Å²) in [7, 11) is 0. The van der Waals surface area contributed by atoms with Gasteiger partial charge in [-0.15, -0.1) is 0 Å². The molecule has 5 heteroatoms. The molecular formula is C17H26F2N2O. The first-order valence-electron chi connectivity index (χ1n) is 7.72. The number of likely N-dealkylation sites (tertiary alicyclic amines) is 1. The third-order valence-electron chi connectivity index (χ3n) is 4.68. The zero-order valence-electron chi connectivity index (χ0n) is 13.8.